The highest BCUT2D eigenvalue weighted by molar-refractivity contribution is 5.76. The summed E-state index contributed by atoms with van der Waals surface area (Å²) in [6.07, 6.45) is 8.21. The van der Waals surface area contributed by atoms with E-state index in [9.17, 15) is 9.18 Å². The lowest BCUT2D eigenvalue weighted by atomic mass is 9.92. The number of aromatic nitrogens is 1. The summed E-state index contributed by atoms with van der Waals surface area (Å²) < 4.78 is 19.5. The third-order valence-electron chi connectivity index (χ3n) is 6.14. The third-order valence-corrected chi connectivity index (χ3v) is 6.14. The summed E-state index contributed by atoms with van der Waals surface area (Å²) in [5.41, 5.74) is 2.78. The van der Waals surface area contributed by atoms with E-state index in [4.69, 9.17) is 4.74 Å². The molecule has 3 heterocycles. The number of carbonyl (C=O) groups is 1. The first-order valence-corrected chi connectivity index (χ1v) is 10.8. The van der Waals surface area contributed by atoms with Gasteiger partial charge < -0.3 is 9.64 Å². The lowest BCUT2D eigenvalue weighted by Crippen LogP contribution is -2.40. The van der Waals surface area contributed by atoms with Crippen LogP contribution in [0, 0.1) is 5.82 Å². The molecule has 0 radical (unpaired) electrons. The zero-order valence-corrected chi connectivity index (χ0v) is 16.9. The highest BCUT2D eigenvalue weighted by Gasteiger charge is 2.27. The van der Waals surface area contributed by atoms with Gasteiger partial charge in [-0.15, -0.1) is 0 Å². The van der Waals surface area contributed by atoms with Crippen LogP contribution in [0.2, 0.25) is 0 Å². The zero-order chi connectivity index (χ0) is 20.1. The number of hydrogen-bond acceptors (Lipinski definition) is 3. The quantitative estimate of drug-likeness (QED) is 0.749. The van der Waals surface area contributed by atoms with Crippen molar-refractivity contribution in [3.05, 3.63) is 65.2 Å². The van der Waals surface area contributed by atoms with Gasteiger partial charge in [0, 0.05) is 43.9 Å². The van der Waals surface area contributed by atoms with E-state index in [-0.39, 0.29) is 17.8 Å². The summed E-state index contributed by atoms with van der Waals surface area (Å²) in [5, 5.41) is 0. The van der Waals surface area contributed by atoms with Crippen molar-refractivity contribution in [2.45, 2.75) is 57.0 Å². The number of halogens is 1. The number of pyridine rings is 1. The van der Waals surface area contributed by atoms with Gasteiger partial charge in [0.25, 0.3) is 0 Å². The first-order chi connectivity index (χ1) is 14.2. The van der Waals surface area contributed by atoms with Gasteiger partial charge in [0.1, 0.15) is 5.82 Å². The molecule has 1 aromatic carbocycles. The average molecular weight is 397 g/mol. The Morgan fingerprint density at radius 3 is 2.62 bits per heavy atom. The maximum Gasteiger partial charge on any atom is 0.225 e. The number of piperidine rings is 1. The van der Waals surface area contributed by atoms with Crippen LogP contribution in [0.4, 0.5) is 4.39 Å². The summed E-state index contributed by atoms with van der Waals surface area (Å²) in [6.45, 7) is 2.36. The van der Waals surface area contributed by atoms with Crippen LogP contribution >= 0.6 is 0 Å². The summed E-state index contributed by atoms with van der Waals surface area (Å²) >= 11 is 0. The molecule has 0 spiro atoms. The topological polar surface area (TPSA) is 42.4 Å². The number of likely N-dealkylation sites (tertiary alicyclic amines) is 1. The Kier molecular flexibility index (Phi) is 6.55. The average Bonchev–Trinajstić information content (AvgIpc) is 2.77. The second-order valence-electron chi connectivity index (χ2n) is 8.21. The maximum atomic E-state index is 13.8. The van der Waals surface area contributed by atoms with Crippen molar-refractivity contribution in [2.75, 3.05) is 19.7 Å². The molecule has 1 aromatic heterocycles. The minimum Gasteiger partial charge on any atom is -0.378 e. The Balaban J connectivity index is 1.28. The van der Waals surface area contributed by atoms with Crippen molar-refractivity contribution in [1.29, 1.82) is 0 Å². The molecule has 2 aromatic rings. The Bertz CT molecular complexity index is 810. The van der Waals surface area contributed by atoms with Crippen molar-refractivity contribution < 1.29 is 13.9 Å². The molecular weight excluding hydrogens is 367 g/mol. The monoisotopic (exact) mass is 396 g/mol. The predicted octanol–water partition coefficient (Wildman–Crippen LogP) is 4.48. The van der Waals surface area contributed by atoms with Gasteiger partial charge in [-0.1, -0.05) is 24.3 Å². The van der Waals surface area contributed by atoms with E-state index in [2.05, 4.69) is 11.1 Å². The van der Waals surface area contributed by atoms with E-state index in [1.165, 1.54) is 12.5 Å². The van der Waals surface area contributed by atoms with Crippen LogP contribution in [-0.4, -0.2) is 41.6 Å². The van der Waals surface area contributed by atoms with Crippen LogP contribution in [0.1, 0.15) is 61.3 Å². The molecule has 2 fully saturated rings. The number of benzene rings is 1. The molecule has 2 saturated heterocycles. The van der Waals surface area contributed by atoms with Gasteiger partial charge in [0.2, 0.25) is 5.91 Å². The number of rotatable bonds is 5. The second kappa shape index (κ2) is 9.49. The van der Waals surface area contributed by atoms with Gasteiger partial charge in [-0.05, 0) is 55.4 Å². The van der Waals surface area contributed by atoms with Gasteiger partial charge in [0.05, 0.1) is 12.5 Å². The molecule has 4 rings (SSSR count). The zero-order valence-electron chi connectivity index (χ0n) is 16.9. The molecule has 1 atom stereocenters. The SMILES string of the molecule is O=C(C[C@H]1CCCCO1)N1CCC(c2ccc(Cc3ccccc3F)cn2)CC1. The molecule has 29 heavy (non-hydrogen) atoms. The van der Waals surface area contributed by atoms with E-state index in [0.29, 0.717) is 24.3 Å². The van der Waals surface area contributed by atoms with Crippen LogP contribution in [0.3, 0.4) is 0 Å². The number of amides is 1. The van der Waals surface area contributed by atoms with Gasteiger partial charge in [-0.2, -0.15) is 0 Å². The van der Waals surface area contributed by atoms with Crippen LogP contribution in [0.15, 0.2) is 42.6 Å². The highest BCUT2D eigenvalue weighted by Crippen LogP contribution is 2.28. The fraction of sp³-hybridized carbons (Fsp3) is 0.500. The number of carbonyl (C=O) groups excluding carboxylic acids is 1. The molecule has 0 unspecified atom stereocenters. The molecular formula is C24H29FN2O2. The molecule has 2 aliphatic heterocycles. The fourth-order valence-electron chi connectivity index (χ4n) is 4.36. The molecule has 0 aliphatic carbocycles. The Labute approximate surface area is 172 Å². The number of hydrogen-bond donors (Lipinski definition) is 0. The van der Waals surface area contributed by atoms with Crippen molar-refractivity contribution in [1.82, 2.24) is 9.88 Å². The molecule has 154 valence electrons. The molecule has 2 aliphatic rings. The normalized spacial score (nSPS) is 20.6. The first-order valence-electron chi connectivity index (χ1n) is 10.8. The standard InChI is InChI=1S/C24H29FN2O2/c25-22-7-2-1-5-20(22)15-18-8-9-23(26-17-18)19-10-12-27(13-11-19)24(28)16-21-6-3-4-14-29-21/h1-2,5,7-9,17,19,21H,3-4,6,10-16H2/t21-/m1/s1. The Hall–Kier alpha value is -2.27. The summed E-state index contributed by atoms with van der Waals surface area (Å²) in [6, 6.07) is 11.0. The minimum atomic E-state index is -0.174. The molecule has 0 saturated carbocycles. The molecule has 1 amide bonds. The van der Waals surface area contributed by atoms with Gasteiger partial charge in [0.15, 0.2) is 0 Å². The van der Waals surface area contributed by atoms with Crippen LogP contribution in [0.25, 0.3) is 0 Å². The smallest absolute Gasteiger partial charge is 0.225 e. The lowest BCUT2D eigenvalue weighted by molar-refractivity contribution is -0.136. The van der Waals surface area contributed by atoms with Crippen molar-refractivity contribution in [3.8, 4) is 0 Å². The number of nitrogens with zero attached hydrogens (tertiary/aromatic N) is 2. The molecule has 0 N–H and O–H groups in total. The molecule has 0 bridgehead atoms. The second-order valence-corrected chi connectivity index (χ2v) is 8.21. The van der Waals surface area contributed by atoms with Gasteiger partial charge in [-0.3, -0.25) is 9.78 Å². The molecule has 5 heteroatoms. The summed E-state index contributed by atoms with van der Waals surface area (Å²) in [7, 11) is 0. The first kappa shape index (κ1) is 20.0. The van der Waals surface area contributed by atoms with Crippen LogP contribution < -0.4 is 0 Å². The van der Waals surface area contributed by atoms with Crippen LogP contribution in [-0.2, 0) is 16.0 Å². The van der Waals surface area contributed by atoms with Crippen molar-refractivity contribution in [2.24, 2.45) is 0 Å². The lowest BCUT2D eigenvalue weighted by Gasteiger charge is -2.33. The Morgan fingerprint density at radius 1 is 1.10 bits per heavy atom. The van der Waals surface area contributed by atoms with E-state index in [1.807, 2.05) is 29.3 Å². The Morgan fingerprint density at radius 2 is 1.93 bits per heavy atom. The minimum absolute atomic E-state index is 0.109. The van der Waals surface area contributed by atoms with Gasteiger partial charge in [-0.25, -0.2) is 4.39 Å². The van der Waals surface area contributed by atoms with Crippen molar-refractivity contribution in [3.63, 3.8) is 0 Å². The van der Waals surface area contributed by atoms with E-state index < -0.39 is 0 Å². The maximum absolute atomic E-state index is 13.8. The third kappa shape index (κ3) is 5.21. The van der Waals surface area contributed by atoms with E-state index in [1.54, 1.807) is 6.07 Å². The van der Waals surface area contributed by atoms with Crippen LogP contribution in [0.5, 0.6) is 0 Å². The van der Waals surface area contributed by atoms with Gasteiger partial charge >= 0.3 is 0 Å². The van der Waals surface area contributed by atoms with E-state index in [0.717, 1.165) is 56.6 Å². The summed E-state index contributed by atoms with van der Waals surface area (Å²) in [5.74, 6) is 0.434. The highest BCUT2D eigenvalue weighted by atomic mass is 19.1. The summed E-state index contributed by atoms with van der Waals surface area (Å²) in [4.78, 5) is 19.2. The van der Waals surface area contributed by atoms with E-state index >= 15 is 0 Å². The molecule has 4 nitrogen and oxygen atoms in total. The number of ether oxygens (including phenoxy) is 1. The predicted molar refractivity (Wildman–Crippen MR) is 110 cm³/mol. The fourth-order valence-corrected chi connectivity index (χ4v) is 4.36. The van der Waals surface area contributed by atoms with Crippen molar-refractivity contribution >= 4 is 5.91 Å². The largest absolute Gasteiger partial charge is 0.378 e.